The first-order chi connectivity index (χ1) is 9.15. The van der Waals surface area contributed by atoms with Crippen LogP contribution in [0.4, 0.5) is 0 Å². The Labute approximate surface area is 119 Å². The largest absolute Gasteiger partial charge is 0.381 e. The summed E-state index contributed by atoms with van der Waals surface area (Å²) in [6, 6.07) is 0.798. The zero-order valence-corrected chi connectivity index (χ0v) is 13.1. The third-order valence-electron chi connectivity index (χ3n) is 5.15. The van der Waals surface area contributed by atoms with Crippen LogP contribution in [0.3, 0.4) is 0 Å². The van der Waals surface area contributed by atoms with Crippen molar-refractivity contribution in [3.8, 4) is 0 Å². The molecule has 1 saturated heterocycles. The molecule has 0 aromatic rings. The second kappa shape index (κ2) is 7.05. The molecule has 112 valence electrons. The van der Waals surface area contributed by atoms with E-state index in [-0.39, 0.29) is 0 Å². The molecule has 0 amide bonds. The fraction of sp³-hybridized carbons (Fsp3) is 1.00. The highest BCUT2D eigenvalue weighted by Gasteiger charge is 2.35. The maximum absolute atomic E-state index is 5.78. The third-order valence-corrected chi connectivity index (χ3v) is 5.15. The highest BCUT2D eigenvalue weighted by Crippen LogP contribution is 2.32. The molecule has 1 N–H and O–H groups in total. The van der Waals surface area contributed by atoms with E-state index in [1.807, 2.05) is 0 Å². The molecule has 2 fully saturated rings. The summed E-state index contributed by atoms with van der Waals surface area (Å²) in [7, 11) is 4.39. The van der Waals surface area contributed by atoms with Crippen molar-refractivity contribution in [2.45, 2.75) is 51.5 Å². The first-order valence-corrected chi connectivity index (χ1v) is 8.08. The van der Waals surface area contributed by atoms with Crippen molar-refractivity contribution in [3.05, 3.63) is 0 Å². The Kier molecular flexibility index (Phi) is 5.67. The lowest BCUT2D eigenvalue weighted by atomic mass is 9.80. The van der Waals surface area contributed by atoms with Gasteiger partial charge in [0.2, 0.25) is 0 Å². The van der Waals surface area contributed by atoms with Gasteiger partial charge in [-0.3, -0.25) is 0 Å². The van der Waals surface area contributed by atoms with Crippen LogP contribution >= 0.6 is 0 Å². The quantitative estimate of drug-likeness (QED) is 0.829. The van der Waals surface area contributed by atoms with Gasteiger partial charge in [-0.25, -0.2) is 0 Å². The Balaban J connectivity index is 1.89. The van der Waals surface area contributed by atoms with Crippen molar-refractivity contribution >= 4 is 0 Å². The van der Waals surface area contributed by atoms with Gasteiger partial charge in [0, 0.05) is 31.2 Å². The monoisotopic (exact) mass is 268 g/mol. The molecule has 0 aromatic heterocycles. The van der Waals surface area contributed by atoms with Gasteiger partial charge in [-0.05, 0) is 58.5 Å². The molecule has 1 heterocycles. The number of nitrogens with one attached hydrogen (secondary N) is 1. The van der Waals surface area contributed by atoms with Crippen molar-refractivity contribution < 1.29 is 4.74 Å². The Bertz CT molecular complexity index is 250. The summed E-state index contributed by atoms with van der Waals surface area (Å²) in [6.07, 6.45) is 8.11. The van der Waals surface area contributed by atoms with Crippen LogP contribution in [0.25, 0.3) is 0 Å². The van der Waals surface area contributed by atoms with E-state index in [2.05, 4.69) is 31.2 Å². The second-order valence-corrected chi connectivity index (χ2v) is 7.02. The summed E-state index contributed by atoms with van der Waals surface area (Å²) in [4.78, 5) is 2.62. The highest BCUT2D eigenvalue weighted by atomic mass is 16.5. The van der Waals surface area contributed by atoms with Crippen LogP contribution in [0.2, 0.25) is 0 Å². The predicted octanol–water partition coefficient (Wildman–Crippen LogP) is 2.51. The summed E-state index contributed by atoms with van der Waals surface area (Å²) in [5.74, 6) is 0.939. The van der Waals surface area contributed by atoms with Gasteiger partial charge in [-0.15, -0.1) is 0 Å². The maximum atomic E-state index is 5.78. The second-order valence-electron chi connectivity index (χ2n) is 7.02. The molecule has 2 rings (SSSR count). The van der Waals surface area contributed by atoms with E-state index in [0.717, 1.165) is 31.7 Å². The average Bonchev–Trinajstić information content (AvgIpc) is 2.40. The molecule has 1 saturated carbocycles. The van der Waals surface area contributed by atoms with E-state index in [1.54, 1.807) is 0 Å². The Hall–Kier alpha value is -0.120. The number of rotatable bonds is 5. The van der Waals surface area contributed by atoms with E-state index >= 15 is 0 Å². The first kappa shape index (κ1) is 15.3. The Morgan fingerprint density at radius 1 is 1.26 bits per heavy atom. The van der Waals surface area contributed by atoms with Gasteiger partial charge in [0.1, 0.15) is 0 Å². The van der Waals surface area contributed by atoms with Gasteiger partial charge >= 0.3 is 0 Å². The smallest absolute Gasteiger partial charge is 0.0546 e. The molecule has 1 unspecified atom stereocenters. The van der Waals surface area contributed by atoms with Crippen LogP contribution < -0.4 is 5.32 Å². The van der Waals surface area contributed by atoms with E-state index in [0.29, 0.717) is 5.41 Å². The number of hydrogen-bond acceptors (Lipinski definition) is 3. The average molecular weight is 268 g/mol. The van der Waals surface area contributed by atoms with Gasteiger partial charge in [0.15, 0.2) is 0 Å². The molecule has 1 aliphatic heterocycles. The van der Waals surface area contributed by atoms with Crippen molar-refractivity contribution in [3.63, 3.8) is 0 Å². The minimum absolute atomic E-state index is 0.338. The van der Waals surface area contributed by atoms with Gasteiger partial charge in [0.05, 0.1) is 6.61 Å². The Morgan fingerprint density at radius 3 is 2.58 bits per heavy atom. The zero-order chi connectivity index (χ0) is 13.7. The van der Waals surface area contributed by atoms with E-state index in [4.69, 9.17) is 4.74 Å². The minimum Gasteiger partial charge on any atom is -0.381 e. The molecule has 0 radical (unpaired) electrons. The van der Waals surface area contributed by atoms with Crippen LogP contribution in [0, 0.1) is 11.3 Å². The Morgan fingerprint density at radius 2 is 2.00 bits per heavy atom. The van der Waals surface area contributed by atoms with Gasteiger partial charge in [-0.1, -0.05) is 6.92 Å². The zero-order valence-electron chi connectivity index (χ0n) is 13.1. The van der Waals surface area contributed by atoms with Crippen LogP contribution in [0.1, 0.15) is 45.4 Å². The van der Waals surface area contributed by atoms with Gasteiger partial charge in [0.25, 0.3) is 0 Å². The number of hydrogen-bond donors (Lipinski definition) is 1. The topological polar surface area (TPSA) is 24.5 Å². The van der Waals surface area contributed by atoms with E-state index in [9.17, 15) is 0 Å². The molecular weight excluding hydrogens is 236 g/mol. The first-order valence-electron chi connectivity index (χ1n) is 8.08. The molecular formula is C16H32N2O. The molecule has 0 spiro atoms. The van der Waals surface area contributed by atoms with Crippen LogP contribution in [0.15, 0.2) is 0 Å². The summed E-state index contributed by atoms with van der Waals surface area (Å²) >= 11 is 0. The van der Waals surface area contributed by atoms with Crippen LogP contribution in [-0.2, 0) is 4.74 Å². The fourth-order valence-corrected chi connectivity index (χ4v) is 3.95. The SMILES string of the molecule is CNCC1(CN(C)C2CCC(C)CC2)CCCOC1. The number of nitrogens with zero attached hydrogens (tertiary/aromatic N) is 1. The van der Waals surface area contributed by atoms with E-state index in [1.165, 1.54) is 45.1 Å². The molecule has 0 aromatic carbocycles. The van der Waals surface area contributed by atoms with Crippen LogP contribution in [0.5, 0.6) is 0 Å². The molecule has 3 heteroatoms. The standard InChI is InChI=1S/C16H32N2O/c1-14-5-7-15(8-6-14)18(3)12-16(11-17-2)9-4-10-19-13-16/h14-15,17H,4-13H2,1-3H3. The van der Waals surface area contributed by atoms with Gasteiger partial charge in [-0.2, -0.15) is 0 Å². The van der Waals surface area contributed by atoms with E-state index < -0.39 is 0 Å². The van der Waals surface area contributed by atoms with Crippen molar-refractivity contribution in [1.29, 1.82) is 0 Å². The fourth-order valence-electron chi connectivity index (χ4n) is 3.95. The molecule has 1 aliphatic carbocycles. The van der Waals surface area contributed by atoms with Crippen molar-refractivity contribution in [2.24, 2.45) is 11.3 Å². The van der Waals surface area contributed by atoms with Crippen LogP contribution in [-0.4, -0.2) is 51.3 Å². The molecule has 19 heavy (non-hydrogen) atoms. The molecule has 3 nitrogen and oxygen atoms in total. The number of ether oxygens (including phenoxy) is 1. The summed E-state index contributed by atoms with van der Waals surface area (Å²) in [6.45, 7) is 6.55. The summed E-state index contributed by atoms with van der Waals surface area (Å²) < 4.78 is 5.78. The highest BCUT2D eigenvalue weighted by molar-refractivity contribution is 4.88. The van der Waals surface area contributed by atoms with Gasteiger partial charge < -0.3 is 15.0 Å². The minimum atomic E-state index is 0.338. The molecule has 1 atom stereocenters. The maximum Gasteiger partial charge on any atom is 0.0546 e. The molecule has 0 bridgehead atoms. The lowest BCUT2D eigenvalue weighted by Gasteiger charge is -2.43. The summed E-state index contributed by atoms with van der Waals surface area (Å²) in [5.41, 5.74) is 0.338. The van der Waals surface area contributed by atoms with Crippen molar-refractivity contribution in [1.82, 2.24) is 10.2 Å². The lowest BCUT2D eigenvalue weighted by molar-refractivity contribution is -0.0304. The lowest BCUT2D eigenvalue weighted by Crippen LogP contribution is -2.50. The summed E-state index contributed by atoms with van der Waals surface area (Å²) in [5, 5.41) is 3.39. The third kappa shape index (κ3) is 4.17. The molecule has 2 aliphatic rings. The normalized spacial score (nSPS) is 36.6. The predicted molar refractivity (Wildman–Crippen MR) is 80.5 cm³/mol. The van der Waals surface area contributed by atoms with Crippen molar-refractivity contribution in [2.75, 3.05) is 40.4 Å².